The Bertz CT molecular complexity index is 329. The molecule has 1 unspecified atom stereocenters. The molecule has 2 aliphatic rings. The van der Waals surface area contributed by atoms with Crippen LogP contribution in [-0.4, -0.2) is 0 Å². The van der Waals surface area contributed by atoms with Crippen molar-refractivity contribution in [2.24, 2.45) is 11.7 Å². The van der Waals surface area contributed by atoms with Crippen LogP contribution in [0.4, 0.5) is 0 Å². The predicted octanol–water partition coefficient (Wildman–Crippen LogP) is 2.68. The second kappa shape index (κ2) is 3.25. The summed E-state index contributed by atoms with van der Waals surface area (Å²) in [6.45, 7) is 2.15. The lowest BCUT2D eigenvalue weighted by Crippen LogP contribution is -2.10. The molecule has 0 fully saturated rings. The van der Waals surface area contributed by atoms with Crippen LogP contribution in [0.2, 0.25) is 0 Å². The Morgan fingerprint density at radius 3 is 3.08 bits per heavy atom. The SMILES string of the molecule is CC1=CC2CC(N)=CC=C2CC=C1. The van der Waals surface area contributed by atoms with Gasteiger partial charge >= 0.3 is 0 Å². The van der Waals surface area contributed by atoms with E-state index in [0.717, 1.165) is 18.5 Å². The third kappa shape index (κ3) is 1.74. The van der Waals surface area contributed by atoms with E-state index in [2.05, 4.69) is 31.2 Å². The Hall–Kier alpha value is -1.24. The molecule has 68 valence electrons. The van der Waals surface area contributed by atoms with Gasteiger partial charge in [-0.1, -0.05) is 35.5 Å². The van der Waals surface area contributed by atoms with E-state index in [-0.39, 0.29) is 0 Å². The maximum Gasteiger partial charge on any atom is 0.00896 e. The molecular formula is C12H15N. The van der Waals surface area contributed by atoms with E-state index in [1.54, 1.807) is 0 Å². The minimum Gasteiger partial charge on any atom is -0.402 e. The number of fused-ring (bicyclic) bond motifs is 1. The average Bonchev–Trinajstić information content (AvgIpc) is 2.25. The highest BCUT2D eigenvalue weighted by atomic mass is 14.6. The summed E-state index contributed by atoms with van der Waals surface area (Å²) in [4.78, 5) is 0. The van der Waals surface area contributed by atoms with E-state index in [9.17, 15) is 0 Å². The van der Waals surface area contributed by atoms with Crippen molar-refractivity contribution in [1.82, 2.24) is 0 Å². The van der Waals surface area contributed by atoms with Crippen LogP contribution >= 0.6 is 0 Å². The highest BCUT2D eigenvalue weighted by Crippen LogP contribution is 2.30. The van der Waals surface area contributed by atoms with Crippen molar-refractivity contribution in [3.8, 4) is 0 Å². The second-order valence-electron chi connectivity index (χ2n) is 3.81. The lowest BCUT2D eigenvalue weighted by atomic mass is 9.88. The number of hydrogen-bond acceptors (Lipinski definition) is 1. The molecule has 1 heteroatoms. The Balaban J connectivity index is 2.31. The fraction of sp³-hybridized carbons (Fsp3) is 0.333. The van der Waals surface area contributed by atoms with Gasteiger partial charge in [0.05, 0.1) is 0 Å². The van der Waals surface area contributed by atoms with Gasteiger partial charge < -0.3 is 5.73 Å². The zero-order valence-corrected chi connectivity index (χ0v) is 7.96. The fourth-order valence-electron chi connectivity index (χ4n) is 1.93. The molecule has 0 aromatic carbocycles. The lowest BCUT2D eigenvalue weighted by Gasteiger charge is -2.19. The van der Waals surface area contributed by atoms with Gasteiger partial charge in [-0.2, -0.15) is 0 Å². The van der Waals surface area contributed by atoms with E-state index in [0.29, 0.717) is 5.92 Å². The monoisotopic (exact) mass is 173 g/mol. The Labute approximate surface area is 79.3 Å². The van der Waals surface area contributed by atoms with E-state index < -0.39 is 0 Å². The summed E-state index contributed by atoms with van der Waals surface area (Å²) in [6, 6.07) is 0. The van der Waals surface area contributed by atoms with Crippen molar-refractivity contribution in [1.29, 1.82) is 0 Å². The van der Waals surface area contributed by atoms with Gasteiger partial charge in [0, 0.05) is 11.6 Å². The van der Waals surface area contributed by atoms with Crippen molar-refractivity contribution in [3.63, 3.8) is 0 Å². The minimum atomic E-state index is 0.542. The molecular weight excluding hydrogens is 158 g/mol. The zero-order valence-electron chi connectivity index (χ0n) is 7.96. The molecule has 0 radical (unpaired) electrons. The van der Waals surface area contributed by atoms with Gasteiger partial charge in [-0.3, -0.25) is 0 Å². The highest BCUT2D eigenvalue weighted by Gasteiger charge is 2.16. The molecule has 0 spiro atoms. The van der Waals surface area contributed by atoms with Crippen LogP contribution in [0.15, 0.2) is 47.2 Å². The van der Waals surface area contributed by atoms with E-state index in [1.807, 2.05) is 6.08 Å². The van der Waals surface area contributed by atoms with Gasteiger partial charge in [0.2, 0.25) is 0 Å². The van der Waals surface area contributed by atoms with Crippen LogP contribution in [0, 0.1) is 5.92 Å². The smallest absolute Gasteiger partial charge is 0.00896 e. The number of nitrogens with two attached hydrogens (primary N) is 1. The van der Waals surface area contributed by atoms with Crippen LogP contribution in [0.5, 0.6) is 0 Å². The molecule has 0 saturated heterocycles. The van der Waals surface area contributed by atoms with E-state index in [1.165, 1.54) is 11.1 Å². The molecule has 1 nitrogen and oxygen atoms in total. The minimum absolute atomic E-state index is 0.542. The normalized spacial score (nSPS) is 26.8. The van der Waals surface area contributed by atoms with Gasteiger partial charge in [-0.05, 0) is 25.8 Å². The third-order valence-electron chi connectivity index (χ3n) is 2.64. The van der Waals surface area contributed by atoms with Crippen LogP contribution in [0.1, 0.15) is 19.8 Å². The van der Waals surface area contributed by atoms with Crippen molar-refractivity contribution in [2.45, 2.75) is 19.8 Å². The highest BCUT2D eigenvalue weighted by molar-refractivity contribution is 5.35. The number of rotatable bonds is 0. The van der Waals surface area contributed by atoms with Crippen molar-refractivity contribution >= 4 is 0 Å². The second-order valence-corrected chi connectivity index (χ2v) is 3.81. The first-order valence-corrected chi connectivity index (χ1v) is 4.76. The summed E-state index contributed by atoms with van der Waals surface area (Å²) in [5, 5.41) is 0. The van der Waals surface area contributed by atoms with E-state index >= 15 is 0 Å². The molecule has 2 aliphatic carbocycles. The van der Waals surface area contributed by atoms with Gasteiger partial charge in [0.1, 0.15) is 0 Å². The lowest BCUT2D eigenvalue weighted by molar-refractivity contribution is 0.710. The maximum atomic E-state index is 5.81. The Morgan fingerprint density at radius 2 is 2.23 bits per heavy atom. The summed E-state index contributed by atoms with van der Waals surface area (Å²) < 4.78 is 0. The number of allylic oxidation sites excluding steroid dienone is 8. The first kappa shape index (κ1) is 8.36. The summed E-state index contributed by atoms with van der Waals surface area (Å²) >= 11 is 0. The standard InChI is InChI=1S/C12H15N/c1-9-3-2-4-10-5-6-12(13)8-11(10)7-9/h2-3,5-7,11H,4,8,13H2,1H3. The molecule has 0 aromatic heterocycles. The molecule has 0 bridgehead atoms. The zero-order chi connectivity index (χ0) is 9.26. The Morgan fingerprint density at radius 1 is 1.38 bits per heavy atom. The van der Waals surface area contributed by atoms with Crippen LogP contribution < -0.4 is 5.73 Å². The summed E-state index contributed by atoms with van der Waals surface area (Å²) in [5.41, 5.74) is 9.64. The van der Waals surface area contributed by atoms with Crippen molar-refractivity contribution < 1.29 is 0 Å². The number of hydrogen-bond donors (Lipinski definition) is 1. The van der Waals surface area contributed by atoms with Crippen molar-refractivity contribution in [3.05, 3.63) is 47.2 Å². The van der Waals surface area contributed by atoms with Crippen LogP contribution in [-0.2, 0) is 0 Å². The summed E-state index contributed by atoms with van der Waals surface area (Å²) in [6.07, 6.45) is 13.0. The molecule has 0 heterocycles. The largest absolute Gasteiger partial charge is 0.402 e. The molecule has 2 rings (SSSR count). The van der Waals surface area contributed by atoms with E-state index in [4.69, 9.17) is 5.73 Å². The predicted molar refractivity (Wildman–Crippen MR) is 56.0 cm³/mol. The Kier molecular flexibility index (Phi) is 2.09. The van der Waals surface area contributed by atoms with Crippen LogP contribution in [0.3, 0.4) is 0 Å². The summed E-state index contributed by atoms with van der Waals surface area (Å²) in [7, 11) is 0. The summed E-state index contributed by atoms with van der Waals surface area (Å²) in [5.74, 6) is 0.542. The van der Waals surface area contributed by atoms with Gasteiger partial charge in [-0.25, -0.2) is 0 Å². The third-order valence-corrected chi connectivity index (χ3v) is 2.64. The molecule has 1 atom stereocenters. The first-order chi connectivity index (χ1) is 6.25. The fourth-order valence-corrected chi connectivity index (χ4v) is 1.93. The molecule has 2 N–H and O–H groups in total. The van der Waals surface area contributed by atoms with Crippen molar-refractivity contribution in [2.75, 3.05) is 0 Å². The average molecular weight is 173 g/mol. The topological polar surface area (TPSA) is 26.0 Å². The van der Waals surface area contributed by atoms with Gasteiger partial charge in [0.15, 0.2) is 0 Å². The quantitative estimate of drug-likeness (QED) is 0.599. The maximum absolute atomic E-state index is 5.81. The first-order valence-electron chi connectivity index (χ1n) is 4.76. The molecule has 0 amide bonds. The van der Waals surface area contributed by atoms with Gasteiger partial charge in [-0.15, -0.1) is 0 Å². The molecule has 13 heavy (non-hydrogen) atoms. The van der Waals surface area contributed by atoms with Gasteiger partial charge in [0.25, 0.3) is 0 Å². The molecule has 0 saturated carbocycles. The van der Waals surface area contributed by atoms with Crippen LogP contribution in [0.25, 0.3) is 0 Å². The molecule has 0 aromatic rings. The molecule has 0 aliphatic heterocycles.